The highest BCUT2D eigenvalue weighted by atomic mass is 15.2. The summed E-state index contributed by atoms with van der Waals surface area (Å²) in [5.41, 5.74) is 9.00. The van der Waals surface area contributed by atoms with E-state index in [1.54, 1.807) is 0 Å². The molecule has 0 aromatic heterocycles. The summed E-state index contributed by atoms with van der Waals surface area (Å²) in [7, 11) is 0. The van der Waals surface area contributed by atoms with Gasteiger partial charge in [0.15, 0.2) is 0 Å². The van der Waals surface area contributed by atoms with E-state index in [0.29, 0.717) is 5.41 Å². The van der Waals surface area contributed by atoms with Gasteiger partial charge in [0, 0.05) is 24.2 Å². The molecule has 1 aromatic rings. The maximum absolute atomic E-state index is 5.58. The number of nitrogens with two attached hydrogens (primary N) is 1. The van der Waals surface area contributed by atoms with Crippen LogP contribution in [0.3, 0.4) is 0 Å². The lowest BCUT2D eigenvalue weighted by atomic mass is 9.68. The van der Waals surface area contributed by atoms with E-state index in [4.69, 9.17) is 5.73 Å². The summed E-state index contributed by atoms with van der Waals surface area (Å²) in [5, 5.41) is 0. The van der Waals surface area contributed by atoms with E-state index in [1.807, 2.05) is 0 Å². The largest absolute Gasteiger partial charge is 0.370 e. The molecule has 1 aromatic carbocycles. The van der Waals surface area contributed by atoms with Gasteiger partial charge < -0.3 is 10.6 Å². The lowest BCUT2D eigenvalue weighted by Crippen LogP contribution is -2.57. The van der Waals surface area contributed by atoms with Crippen molar-refractivity contribution in [3.05, 3.63) is 29.8 Å². The van der Waals surface area contributed by atoms with Crippen LogP contribution in [0.2, 0.25) is 0 Å². The molecule has 0 bridgehead atoms. The summed E-state index contributed by atoms with van der Waals surface area (Å²) in [6.45, 7) is 3.30. The smallest absolute Gasteiger partial charge is 0.0366 e. The predicted octanol–water partition coefficient (Wildman–Crippen LogP) is 2.96. The van der Waals surface area contributed by atoms with Crippen molar-refractivity contribution in [3.8, 4) is 0 Å². The van der Waals surface area contributed by atoms with Crippen LogP contribution < -0.4 is 10.6 Å². The van der Waals surface area contributed by atoms with E-state index >= 15 is 0 Å². The van der Waals surface area contributed by atoms with Crippen molar-refractivity contribution < 1.29 is 0 Å². The van der Waals surface area contributed by atoms with Gasteiger partial charge in [-0.05, 0) is 43.5 Å². The molecule has 0 atom stereocenters. The molecule has 98 valence electrons. The molecule has 2 aliphatic rings. The van der Waals surface area contributed by atoms with Crippen LogP contribution in [0.25, 0.3) is 0 Å². The van der Waals surface area contributed by atoms with Crippen LogP contribution in [-0.2, 0) is 6.42 Å². The second-order valence-electron chi connectivity index (χ2n) is 6.12. The molecular formula is C16H24N2. The third-order valence-electron chi connectivity index (χ3n) is 4.70. The molecule has 0 unspecified atom stereocenters. The zero-order chi connectivity index (χ0) is 12.4. The van der Waals surface area contributed by atoms with Gasteiger partial charge in [-0.15, -0.1) is 0 Å². The summed E-state index contributed by atoms with van der Waals surface area (Å²) >= 11 is 0. The van der Waals surface area contributed by atoms with Crippen molar-refractivity contribution in [2.24, 2.45) is 11.1 Å². The Labute approximate surface area is 110 Å². The Morgan fingerprint density at radius 3 is 2.28 bits per heavy atom. The maximum atomic E-state index is 5.58. The van der Waals surface area contributed by atoms with E-state index in [9.17, 15) is 0 Å². The lowest BCUT2D eigenvalue weighted by Gasteiger charge is -2.53. The van der Waals surface area contributed by atoms with Crippen molar-refractivity contribution in [1.82, 2.24) is 0 Å². The second-order valence-corrected chi connectivity index (χ2v) is 6.12. The van der Waals surface area contributed by atoms with E-state index in [0.717, 1.165) is 13.0 Å². The highest BCUT2D eigenvalue weighted by Gasteiger charge is 2.43. The topological polar surface area (TPSA) is 29.3 Å². The fourth-order valence-electron chi connectivity index (χ4n) is 3.60. The molecule has 3 rings (SSSR count). The van der Waals surface area contributed by atoms with Gasteiger partial charge in [0.1, 0.15) is 0 Å². The number of rotatable bonds is 3. The Kier molecular flexibility index (Phi) is 3.29. The number of benzene rings is 1. The molecule has 1 saturated carbocycles. The van der Waals surface area contributed by atoms with Crippen LogP contribution in [-0.4, -0.2) is 19.6 Å². The quantitative estimate of drug-likeness (QED) is 0.885. The van der Waals surface area contributed by atoms with Crippen LogP contribution in [0.4, 0.5) is 5.69 Å². The third kappa shape index (κ3) is 2.26. The predicted molar refractivity (Wildman–Crippen MR) is 76.9 cm³/mol. The molecule has 2 N–H and O–H groups in total. The first-order chi connectivity index (χ1) is 8.81. The molecule has 2 fully saturated rings. The Morgan fingerprint density at radius 2 is 1.67 bits per heavy atom. The van der Waals surface area contributed by atoms with Gasteiger partial charge in [-0.2, -0.15) is 0 Å². The molecule has 1 heterocycles. The van der Waals surface area contributed by atoms with Gasteiger partial charge in [0.25, 0.3) is 0 Å². The van der Waals surface area contributed by atoms with Gasteiger partial charge in [-0.3, -0.25) is 0 Å². The standard InChI is InChI=1S/C16H24N2/c17-11-8-14-4-6-15(7-5-14)18-12-16(13-18)9-2-1-3-10-16/h4-7H,1-3,8-13,17H2. The Bertz CT molecular complexity index is 382. The second kappa shape index (κ2) is 4.93. The van der Waals surface area contributed by atoms with E-state index < -0.39 is 0 Å². The van der Waals surface area contributed by atoms with E-state index in [-0.39, 0.29) is 0 Å². The molecule has 1 spiro atoms. The molecule has 18 heavy (non-hydrogen) atoms. The van der Waals surface area contributed by atoms with Crippen LogP contribution in [0.15, 0.2) is 24.3 Å². The van der Waals surface area contributed by atoms with Crippen molar-refractivity contribution >= 4 is 5.69 Å². The summed E-state index contributed by atoms with van der Waals surface area (Å²) in [6.07, 6.45) is 8.25. The van der Waals surface area contributed by atoms with Gasteiger partial charge in [-0.1, -0.05) is 31.4 Å². The van der Waals surface area contributed by atoms with Gasteiger partial charge in [0.2, 0.25) is 0 Å². The Hall–Kier alpha value is -1.02. The Balaban J connectivity index is 1.60. The summed E-state index contributed by atoms with van der Waals surface area (Å²) in [4.78, 5) is 2.54. The molecule has 0 amide bonds. The fourth-order valence-corrected chi connectivity index (χ4v) is 3.60. The number of hydrogen-bond acceptors (Lipinski definition) is 2. The number of nitrogens with zero attached hydrogens (tertiary/aromatic N) is 1. The van der Waals surface area contributed by atoms with Crippen molar-refractivity contribution in [1.29, 1.82) is 0 Å². The first-order valence-corrected chi connectivity index (χ1v) is 7.35. The molecule has 0 radical (unpaired) electrons. The zero-order valence-electron chi connectivity index (χ0n) is 11.2. The first kappa shape index (κ1) is 12.0. The first-order valence-electron chi connectivity index (χ1n) is 7.35. The molecule has 2 heteroatoms. The molecule has 2 nitrogen and oxygen atoms in total. The zero-order valence-corrected chi connectivity index (χ0v) is 11.2. The van der Waals surface area contributed by atoms with Crippen LogP contribution in [0.5, 0.6) is 0 Å². The maximum Gasteiger partial charge on any atom is 0.0366 e. The summed E-state index contributed by atoms with van der Waals surface area (Å²) < 4.78 is 0. The average Bonchev–Trinajstić information content (AvgIpc) is 2.38. The van der Waals surface area contributed by atoms with E-state index in [1.165, 1.54) is 56.4 Å². The van der Waals surface area contributed by atoms with Crippen molar-refractivity contribution in [2.75, 3.05) is 24.5 Å². The van der Waals surface area contributed by atoms with Gasteiger partial charge in [0.05, 0.1) is 0 Å². The summed E-state index contributed by atoms with van der Waals surface area (Å²) in [6, 6.07) is 8.99. The Morgan fingerprint density at radius 1 is 1.00 bits per heavy atom. The molecular weight excluding hydrogens is 220 g/mol. The third-order valence-corrected chi connectivity index (χ3v) is 4.70. The normalized spacial score (nSPS) is 21.9. The van der Waals surface area contributed by atoms with Gasteiger partial charge in [-0.25, -0.2) is 0 Å². The highest BCUT2D eigenvalue weighted by Crippen LogP contribution is 2.45. The molecule has 1 saturated heterocycles. The van der Waals surface area contributed by atoms with Crippen molar-refractivity contribution in [2.45, 2.75) is 38.5 Å². The fraction of sp³-hybridized carbons (Fsp3) is 0.625. The van der Waals surface area contributed by atoms with Crippen LogP contribution in [0, 0.1) is 5.41 Å². The van der Waals surface area contributed by atoms with Crippen LogP contribution in [0.1, 0.15) is 37.7 Å². The van der Waals surface area contributed by atoms with E-state index in [2.05, 4.69) is 29.2 Å². The van der Waals surface area contributed by atoms with Crippen molar-refractivity contribution in [3.63, 3.8) is 0 Å². The lowest BCUT2D eigenvalue weighted by molar-refractivity contribution is 0.139. The minimum Gasteiger partial charge on any atom is -0.370 e. The average molecular weight is 244 g/mol. The minimum atomic E-state index is 0.675. The van der Waals surface area contributed by atoms with Crippen LogP contribution >= 0.6 is 0 Å². The highest BCUT2D eigenvalue weighted by molar-refractivity contribution is 5.51. The van der Waals surface area contributed by atoms with Gasteiger partial charge >= 0.3 is 0 Å². The summed E-state index contributed by atoms with van der Waals surface area (Å²) in [5.74, 6) is 0. The molecule has 1 aliphatic heterocycles. The SMILES string of the molecule is NCCc1ccc(N2CC3(CCCCC3)C2)cc1. The molecule has 1 aliphatic carbocycles. The number of hydrogen-bond donors (Lipinski definition) is 1. The number of anilines is 1. The minimum absolute atomic E-state index is 0.675. The monoisotopic (exact) mass is 244 g/mol.